The minimum absolute atomic E-state index is 0.227. The Morgan fingerprint density at radius 2 is 1.96 bits per heavy atom. The summed E-state index contributed by atoms with van der Waals surface area (Å²) in [5, 5.41) is 0. The van der Waals surface area contributed by atoms with Gasteiger partial charge in [-0.05, 0) is 32.8 Å². The molecule has 1 heterocycles. The van der Waals surface area contributed by atoms with Gasteiger partial charge in [-0.25, -0.2) is 0 Å². The van der Waals surface area contributed by atoms with Crippen molar-refractivity contribution >= 4 is 11.8 Å². The van der Waals surface area contributed by atoms with Crippen molar-refractivity contribution in [1.29, 1.82) is 0 Å². The molecule has 2 saturated carbocycles. The van der Waals surface area contributed by atoms with Gasteiger partial charge in [-0.1, -0.05) is 30.3 Å². The van der Waals surface area contributed by atoms with Crippen molar-refractivity contribution in [2.45, 2.75) is 51.8 Å². The maximum Gasteiger partial charge on any atom is 0.320 e. The summed E-state index contributed by atoms with van der Waals surface area (Å²) in [4.78, 5) is 25.7. The van der Waals surface area contributed by atoms with Gasteiger partial charge >= 0.3 is 5.97 Å². The van der Waals surface area contributed by atoms with E-state index in [-0.39, 0.29) is 19.0 Å². The van der Waals surface area contributed by atoms with Gasteiger partial charge in [-0.2, -0.15) is 0 Å². The number of esters is 1. The first-order chi connectivity index (χ1) is 12.4. The molecule has 0 amide bonds. The molecule has 4 rings (SSSR count). The number of ketones is 1. The van der Waals surface area contributed by atoms with Crippen LogP contribution in [0, 0.1) is 10.8 Å². The normalized spacial score (nSPS) is 36.5. The lowest BCUT2D eigenvalue weighted by Crippen LogP contribution is -2.36. The van der Waals surface area contributed by atoms with Gasteiger partial charge in [0.05, 0.1) is 19.8 Å². The fourth-order valence-corrected chi connectivity index (χ4v) is 4.52. The lowest BCUT2D eigenvalue weighted by atomic mass is 9.95. The Kier molecular flexibility index (Phi) is 3.99. The third kappa shape index (κ3) is 2.36. The van der Waals surface area contributed by atoms with Crippen LogP contribution in [-0.4, -0.2) is 43.0 Å². The molecule has 1 aromatic carbocycles. The Hall–Kier alpha value is -1.76. The van der Waals surface area contributed by atoms with Crippen LogP contribution in [0.1, 0.15) is 32.8 Å². The molecule has 26 heavy (non-hydrogen) atoms. The highest BCUT2D eigenvalue weighted by molar-refractivity contribution is 6.13. The summed E-state index contributed by atoms with van der Waals surface area (Å²) in [6, 6.07) is 9.79. The van der Waals surface area contributed by atoms with Crippen LogP contribution in [-0.2, 0) is 35.1 Å². The number of benzene rings is 1. The van der Waals surface area contributed by atoms with Gasteiger partial charge in [-0.15, -0.1) is 0 Å². The van der Waals surface area contributed by atoms with E-state index in [1.54, 1.807) is 20.8 Å². The highest BCUT2D eigenvalue weighted by Crippen LogP contribution is 2.75. The van der Waals surface area contributed by atoms with Crippen LogP contribution in [0.3, 0.4) is 0 Å². The maximum atomic E-state index is 13.0. The smallest absolute Gasteiger partial charge is 0.320 e. The van der Waals surface area contributed by atoms with E-state index in [0.717, 1.165) is 5.56 Å². The highest BCUT2D eigenvalue weighted by Gasteiger charge is 2.89. The lowest BCUT2D eigenvalue weighted by Gasteiger charge is -2.25. The van der Waals surface area contributed by atoms with Crippen molar-refractivity contribution in [3.8, 4) is 0 Å². The minimum atomic E-state index is -1.19. The quantitative estimate of drug-likeness (QED) is 0.572. The molecule has 3 aliphatic rings. The molecular weight excluding hydrogens is 336 g/mol. The first-order valence-electron chi connectivity index (χ1n) is 9.05. The van der Waals surface area contributed by atoms with Crippen molar-refractivity contribution in [3.05, 3.63) is 35.9 Å². The van der Waals surface area contributed by atoms with E-state index < -0.39 is 34.8 Å². The number of fused-ring (bicyclic) bond motifs is 3. The summed E-state index contributed by atoms with van der Waals surface area (Å²) in [6.07, 6.45) is -0.818. The van der Waals surface area contributed by atoms with E-state index in [1.807, 2.05) is 30.3 Å². The minimum Gasteiger partial charge on any atom is -0.465 e. The van der Waals surface area contributed by atoms with Crippen molar-refractivity contribution in [3.63, 3.8) is 0 Å². The van der Waals surface area contributed by atoms with Crippen molar-refractivity contribution in [2.24, 2.45) is 10.8 Å². The zero-order chi connectivity index (χ0) is 18.6. The maximum absolute atomic E-state index is 13.0. The van der Waals surface area contributed by atoms with Gasteiger partial charge in [0.15, 0.2) is 11.6 Å². The van der Waals surface area contributed by atoms with E-state index >= 15 is 0 Å². The summed E-state index contributed by atoms with van der Waals surface area (Å²) in [7, 11) is 0. The van der Waals surface area contributed by atoms with E-state index in [9.17, 15) is 9.59 Å². The van der Waals surface area contributed by atoms with Gasteiger partial charge in [0.1, 0.15) is 17.6 Å². The Labute approximate surface area is 152 Å². The molecule has 6 heteroatoms. The molecule has 2 aliphatic carbocycles. The number of ether oxygens (including phenoxy) is 4. The number of carbonyl (C=O) groups excluding carboxylic acids is 2. The van der Waals surface area contributed by atoms with Crippen LogP contribution >= 0.6 is 0 Å². The molecule has 3 fully saturated rings. The largest absolute Gasteiger partial charge is 0.465 e. The fourth-order valence-electron chi connectivity index (χ4n) is 4.52. The SMILES string of the molecule is CCOC(=O)[C@@]12C[C@]1(COCc1ccccc1)[C@H]1OC(C)(C)O[C@H]1C2=O. The third-order valence-electron chi connectivity index (χ3n) is 5.72. The molecule has 0 spiro atoms. The molecule has 0 N–H and O–H groups in total. The van der Waals surface area contributed by atoms with Crippen LogP contribution in [0.15, 0.2) is 30.3 Å². The fraction of sp³-hybridized carbons (Fsp3) is 0.600. The molecular formula is C20H24O6. The number of rotatable bonds is 6. The zero-order valence-corrected chi connectivity index (χ0v) is 15.3. The standard InChI is InChI=1S/C20H24O6/c1-4-24-17(22)20-11-19(20,12-23-10-13-8-6-5-7-9-13)16-14(15(20)21)25-18(2,3)26-16/h5-9,14,16H,4,10-12H2,1-3H3/t14-,16-,19-,20-/m0/s1. The van der Waals surface area contributed by atoms with Crippen LogP contribution in [0.25, 0.3) is 0 Å². The number of carbonyl (C=O) groups is 2. The molecule has 1 aliphatic heterocycles. The highest BCUT2D eigenvalue weighted by atomic mass is 16.8. The molecule has 1 aromatic rings. The summed E-state index contributed by atoms with van der Waals surface area (Å²) in [5.74, 6) is -1.55. The van der Waals surface area contributed by atoms with E-state index in [1.165, 1.54) is 0 Å². The molecule has 4 atom stereocenters. The van der Waals surface area contributed by atoms with Crippen LogP contribution in [0.2, 0.25) is 0 Å². The monoisotopic (exact) mass is 360 g/mol. The predicted octanol–water partition coefficient (Wildman–Crippen LogP) is 2.25. The second-order valence-electron chi connectivity index (χ2n) is 7.78. The van der Waals surface area contributed by atoms with E-state index in [0.29, 0.717) is 13.0 Å². The number of hydrogen-bond donors (Lipinski definition) is 0. The van der Waals surface area contributed by atoms with Gasteiger partial charge in [0, 0.05) is 5.41 Å². The second kappa shape index (κ2) is 5.87. The van der Waals surface area contributed by atoms with Gasteiger partial charge in [-0.3, -0.25) is 9.59 Å². The average Bonchev–Trinajstić information content (AvgIpc) is 3.12. The average molecular weight is 360 g/mol. The predicted molar refractivity (Wildman–Crippen MR) is 91.0 cm³/mol. The lowest BCUT2D eigenvalue weighted by molar-refractivity contribution is -0.177. The molecule has 0 radical (unpaired) electrons. The molecule has 0 bridgehead atoms. The number of Topliss-reactive ketones (excluding diaryl/α,β-unsaturated/α-hetero) is 1. The molecule has 140 valence electrons. The third-order valence-corrected chi connectivity index (χ3v) is 5.72. The van der Waals surface area contributed by atoms with Crippen LogP contribution < -0.4 is 0 Å². The van der Waals surface area contributed by atoms with E-state index in [2.05, 4.69) is 0 Å². The molecule has 0 aromatic heterocycles. The first-order valence-corrected chi connectivity index (χ1v) is 9.05. The van der Waals surface area contributed by atoms with Crippen molar-refractivity contribution in [2.75, 3.05) is 13.2 Å². The second-order valence-corrected chi connectivity index (χ2v) is 7.78. The Morgan fingerprint density at radius 3 is 2.65 bits per heavy atom. The topological polar surface area (TPSA) is 71.1 Å². The summed E-state index contributed by atoms with van der Waals surface area (Å²) in [5.41, 5.74) is -0.856. The Balaban J connectivity index is 1.56. The first kappa shape index (κ1) is 17.6. The Bertz CT molecular complexity index is 729. The molecule has 1 saturated heterocycles. The molecule has 0 unspecified atom stereocenters. The zero-order valence-electron chi connectivity index (χ0n) is 15.3. The van der Waals surface area contributed by atoms with Crippen LogP contribution in [0.5, 0.6) is 0 Å². The Morgan fingerprint density at radius 1 is 1.23 bits per heavy atom. The summed E-state index contributed by atoms with van der Waals surface area (Å²) >= 11 is 0. The summed E-state index contributed by atoms with van der Waals surface area (Å²) < 4.78 is 23.0. The molecule has 6 nitrogen and oxygen atoms in total. The van der Waals surface area contributed by atoms with Gasteiger partial charge in [0.25, 0.3) is 0 Å². The van der Waals surface area contributed by atoms with Crippen molar-refractivity contribution in [1.82, 2.24) is 0 Å². The van der Waals surface area contributed by atoms with Gasteiger partial charge in [0.2, 0.25) is 0 Å². The number of hydrogen-bond acceptors (Lipinski definition) is 6. The van der Waals surface area contributed by atoms with Gasteiger partial charge < -0.3 is 18.9 Å². The van der Waals surface area contributed by atoms with Crippen molar-refractivity contribution < 1.29 is 28.5 Å². The summed E-state index contributed by atoms with van der Waals surface area (Å²) in [6.45, 7) is 6.21. The van der Waals surface area contributed by atoms with Crippen LogP contribution in [0.4, 0.5) is 0 Å². The van der Waals surface area contributed by atoms with E-state index in [4.69, 9.17) is 18.9 Å².